The van der Waals surface area contributed by atoms with Crippen molar-refractivity contribution >= 4 is 47.0 Å². The van der Waals surface area contributed by atoms with E-state index in [0.717, 1.165) is 31.4 Å². The summed E-state index contributed by atoms with van der Waals surface area (Å²) in [6.45, 7) is 5.76. The topological polar surface area (TPSA) is 91.4 Å². The maximum absolute atomic E-state index is 12.7. The average molecular weight is 584 g/mol. The molecule has 2 aliphatic rings. The maximum atomic E-state index is 12.7. The summed E-state index contributed by atoms with van der Waals surface area (Å²) >= 11 is 12.0. The molecule has 11 heteroatoms. The van der Waals surface area contributed by atoms with Gasteiger partial charge in [-0.05, 0) is 49.6 Å². The van der Waals surface area contributed by atoms with Gasteiger partial charge in [-0.25, -0.2) is 0 Å². The first-order valence-electron chi connectivity index (χ1n) is 13.4. The Bertz CT molecular complexity index is 1020. The Morgan fingerprint density at radius 1 is 1.10 bits per heavy atom. The minimum absolute atomic E-state index is 0.0388. The van der Waals surface area contributed by atoms with Crippen molar-refractivity contribution in [2.24, 2.45) is 0 Å². The van der Waals surface area contributed by atoms with Gasteiger partial charge in [0.2, 0.25) is 17.7 Å². The number of nitrogens with zero attached hydrogens (tertiary/aromatic N) is 3. The minimum Gasteiger partial charge on any atom is -0.383 e. The van der Waals surface area contributed by atoms with Crippen LogP contribution >= 0.6 is 23.2 Å². The molecule has 1 aromatic rings. The van der Waals surface area contributed by atoms with Crippen molar-refractivity contribution in [3.05, 3.63) is 39.9 Å². The molecule has 0 radical (unpaired) electrons. The van der Waals surface area contributed by atoms with Crippen molar-refractivity contribution in [3.63, 3.8) is 0 Å². The summed E-state index contributed by atoms with van der Waals surface area (Å²) in [7, 11) is 3.37. The number of benzene rings is 1. The number of piperidine rings is 1. The molecule has 3 unspecified atom stereocenters. The van der Waals surface area contributed by atoms with Gasteiger partial charge in [0.1, 0.15) is 0 Å². The molecule has 2 fully saturated rings. The Morgan fingerprint density at radius 2 is 1.87 bits per heavy atom. The van der Waals surface area contributed by atoms with E-state index in [1.807, 2.05) is 4.90 Å². The Balaban J connectivity index is 1.46. The van der Waals surface area contributed by atoms with Crippen LogP contribution in [0.15, 0.2) is 24.3 Å². The van der Waals surface area contributed by atoms with Crippen LogP contribution in [-0.2, 0) is 23.9 Å². The Hall–Kier alpha value is -2.17. The van der Waals surface area contributed by atoms with Gasteiger partial charge < -0.3 is 24.6 Å². The summed E-state index contributed by atoms with van der Waals surface area (Å²) in [6, 6.07) is 5.35. The number of halogens is 2. The first-order valence-corrected chi connectivity index (χ1v) is 14.2. The largest absolute Gasteiger partial charge is 0.383 e. The lowest BCUT2D eigenvalue weighted by Gasteiger charge is -2.43. The van der Waals surface area contributed by atoms with Gasteiger partial charge in [-0.3, -0.25) is 19.3 Å². The van der Waals surface area contributed by atoms with Crippen LogP contribution in [-0.4, -0.2) is 111 Å². The summed E-state index contributed by atoms with van der Waals surface area (Å²) in [6.07, 6.45) is 6.00. The fourth-order valence-corrected chi connectivity index (χ4v) is 5.53. The number of hydrogen-bond donors (Lipinski definition) is 1. The molecule has 3 amide bonds. The molecular formula is C28H40Cl2N4O5. The zero-order valence-electron chi connectivity index (χ0n) is 23.0. The van der Waals surface area contributed by atoms with Crippen LogP contribution in [0.5, 0.6) is 0 Å². The SMILES string of the molecule is COCC1CC(NC(C)=O)C(OC)CN1CCCCN1CCN(C(=O)/C=C/c2ccc(Cl)c(Cl)c2)CCC1=O. The van der Waals surface area contributed by atoms with Crippen LogP contribution in [0.25, 0.3) is 6.08 Å². The molecule has 9 nitrogen and oxygen atoms in total. The molecule has 39 heavy (non-hydrogen) atoms. The number of nitrogens with one attached hydrogen (secondary N) is 1. The molecular weight excluding hydrogens is 543 g/mol. The number of amides is 3. The van der Waals surface area contributed by atoms with Crippen LogP contribution < -0.4 is 5.32 Å². The van der Waals surface area contributed by atoms with Crippen LogP contribution in [0, 0.1) is 0 Å². The molecule has 2 saturated heterocycles. The molecule has 2 heterocycles. The number of rotatable bonds is 11. The number of likely N-dealkylation sites (tertiary alicyclic amines) is 1. The molecule has 1 N–H and O–H groups in total. The molecule has 0 aliphatic carbocycles. The highest BCUT2D eigenvalue weighted by atomic mass is 35.5. The van der Waals surface area contributed by atoms with E-state index in [4.69, 9.17) is 32.7 Å². The molecule has 3 rings (SSSR count). The number of methoxy groups -OCH3 is 2. The molecule has 0 saturated carbocycles. The molecule has 216 valence electrons. The first-order chi connectivity index (χ1) is 18.7. The summed E-state index contributed by atoms with van der Waals surface area (Å²) in [5.41, 5.74) is 0.786. The number of unbranched alkanes of at least 4 members (excludes halogenated alkanes) is 1. The maximum Gasteiger partial charge on any atom is 0.246 e. The van der Waals surface area contributed by atoms with Crippen molar-refractivity contribution < 1.29 is 23.9 Å². The summed E-state index contributed by atoms with van der Waals surface area (Å²) in [4.78, 5) is 43.0. The zero-order chi connectivity index (χ0) is 28.4. The van der Waals surface area contributed by atoms with Crippen molar-refractivity contribution in [2.75, 3.05) is 60.1 Å². The van der Waals surface area contributed by atoms with Gasteiger partial charge in [-0.1, -0.05) is 29.3 Å². The zero-order valence-corrected chi connectivity index (χ0v) is 24.5. The number of carbonyl (C=O) groups is 3. The average Bonchev–Trinajstić information content (AvgIpc) is 3.09. The van der Waals surface area contributed by atoms with Gasteiger partial charge in [-0.2, -0.15) is 0 Å². The predicted octanol–water partition coefficient (Wildman–Crippen LogP) is 3.09. The summed E-state index contributed by atoms with van der Waals surface area (Å²) in [5.74, 6) is -0.113. The third-order valence-corrected chi connectivity index (χ3v) is 8.08. The van der Waals surface area contributed by atoms with Gasteiger partial charge in [-0.15, -0.1) is 0 Å². The van der Waals surface area contributed by atoms with E-state index in [9.17, 15) is 14.4 Å². The van der Waals surface area contributed by atoms with E-state index < -0.39 is 0 Å². The van der Waals surface area contributed by atoms with Crippen molar-refractivity contribution in [1.29, 1.82) is 0 Å². The van der Waals surface area contributed by atoms with Gasteiger partial charge in [0.05, 0.1) is 28.8 Å². The van der Waals surface area contributed by atoms with E-state index in [2.05, 4.69) is 10.2 Å². The Kier molecular flexibility index (Phi) is 12.5. The quantitative estimate of drug-likeness (QED) is 0.318. The normalized spacial score (nSPS) is 22.8. The van der Waals surface area contributed by atoms with E-state index in [-0.39, 0.29) is 35.9 Å². The van der Waals surface area contributed by atoms with Crippen LogP contribution in [0.2, 0.25) is 10.0 Å². The van der Waals surface area contributed by atoms with Gasteiger partial charge >= 0.3 is 0 Å². The lowest BCUT2D eigenvalue weighted by atomic mass is 9.94. The van der Waals surface area contributed by atoms with Crippen molar-refractivity contribution in [2.45, 2.75) is 50.8 Å². The second-order valence-corrected chi connectivity index (χ2v) is 10.9. The predicted molar refractivity (Wildman–Crippen MR) is 153 cm³/mol. The lowest BCUT2D eigenvalue weighted by Crippen LogP contribution is -2.59. The second kappa shape index (κ2) is 15.6. The van der Waals surface area contributed by atoms with E-state index >= 15 is 0 Å². The van der Waals surface area contributed by atoms with E-state index in [1.54, 1.807) is 43.4 Å². The van der Waals surface area contributed by atoms with E-state index in [1.165, 1.54) is 13.0 Å². The summed E-state index contributed by atoms with van der Waals surface area (Å²) < 4.78 is 11.1. The number of ether oxygens (including phenoxy) is 2. The highest BCUT2D eigenvalue weighted by molar-refractivity contribution is 6.42. The fourth-order valence-electron chi connectivity index (χ4n) is 5.22. The molecule has 2 aliphatic heterocycles. The minimum atomic E-state index is -0.129. The number of carbonyl (C=O) groups excluding carboxylic acids is 3. The number of hydrogen-bond acceptors (Lipinski definition) is 6. The second-order valence-electron chi connectivity index (χ2n) is 10.1. The molecule has 1 aromatic carbocycles. The van der Waals surface area contributed by atoms with Crippen molar-refractivity contribution in [1.82, 2.24) is 20.0 Å². The Morgan fingerprint density at radius 3 is 2.56 bits per heavy atom. The first kappa shape index (κ1) is 31.4. The van der Waals surface area contributed by atoms with Crippen LogP contribution in [0.3, 0.4) is 0 Å². The van der Waals surface area contributed by atoms with Crippen molar-refractivity contribution in [3.8, 4) is 0 Å². The summed E-state index contributed by atoms with van der Waals surface area (Å²) in [5, 5.41) is 3.91. The Labute approximate surface area is 241 Å². The standard InChI is InChI=1S/C28H40Cl2N4O5/c1-20(35)31-25-17-22(19-38-2)34(18-26(25)39-3)12-5-4-11-32-14-15-33(13-10-28(32)37)27(36)9-7-21-6-8-23(29)24(30)16-21/h6-9,16,22,25-26H,4-5,10-15,17-19H2,1-3H3,(H,31,35)/b9-7+. The third-order valence-electron chi connectivity index (χ3n) is 7.34. The van der Waals surface area contributed by atoms with Crippen LogP contribution in [0.1, 0.15) is 38.2 Å². The molecule has 0 spiro atoms. The van der Waals surface area contributed by atoms with Crippen LogP contribution in [0.4, 0.5) is 0 Å². The smallest absolute Gasteiger partial charge is 0.246 e. The monoisotopic (exact) mass is 582 g/mol. The molecule has 3 atom stereocenters. The highest BCUT2D eigenvalue weighted by Crippen LogP contribution is 2.23. The fraction of sp³-hybridized carbons (Fsp3) is 0.607. The van der Waals surface area contributed by atoms with Gasteiger partial charge in [0.15, 0.2) is 0 Å². The molecule has 0 bridgehead atoms. The van der Waals surface area contributed by atoms with Gasteiger partial charge in [0, 0.05) is 72.4 Å². The highest BCUT2D eigenvalue weighted by Gasteiger charge is 2.36. The lowest BCUT2D eigenvalue weighted by molar-refractivity contribution is -0.130. The molecule has 0 aromatic heterocycles. The van der Waals surface area contributed by atoms with E-state index in [0.29, 0.717) is 55.8 Å². The van der Waals surface area contributed by atoms with Gasteiger partial charge in [0.25, 0.3) is 0 Å². The third kappa shape index (κ3) is 9.46.